The fourth-order valence-electron chi connectivity index (χ4n) is 4.85. The zero-order valence-corrected chi connectivity index (χ0v) is 15.9. The molecule has 6 heteroatoms. The van der Waals surface area contributed by atoms with Crippen molar-refractivity contribution in [3.63, 3.8) is 0 Å². The highest BCUT2D eigenvalue weighted by Gasteiger charge is 2.42. The van der Waals surface area contributed by atoms with Gasteiger partial charge in [-0.3, -0.25) is 14.2 Å². The van der Waals surface area contributed by atoms with Crippen LogP contribution in [-0.4, -0.2) is 21.5 Å². The summed E-state index contributed by atoms with van der Waals surface area (Å²) in [7, 11) is 0. The van der Waals surface area contributed by atoms with Gasteiger partial charge < -0.3 is 5.32 Å². The Kier molecular flexibility index (Phi) is 4.18. The van der Waals surface area contributed by atoms with Crippen molar-refractivity contribution in [2.75, 3.05) is 0 Å². The van der Waals surface area contributed by atoms with E-state index >= 15 is 0 Å². The molecule has 2 aromatic rings. The molecule has 1 amide bonds. The number of nitrogens with zero attached hydrogens (tertiary/aromatic N) is 2. The van der Waals surface area contributed by atoms with Crippen LogP contribution in [0.3, 0.4) is 0 Å². The zero-order valence-electron chi connectivity index (χ0n) is 15.0. The molecular weight excluding hydrogens is 334 g/mol. The van der Waals surface area contributed by atoms with Gasteiger partial charge in [-0.2, -0.15) is 0 Å². The molecule has 2 aliphatic rings. The number of carbonyl (C=O) groups excluding carboxylic acids is 1. The van der Waals surface area contributed by atoms with E-state index in [0.29, 0.717) is 11.3 Å². The Morgan fingerprint density at radius 3 is 2.88 bits per heavy atom. The van der Waals surface area contributed by atoms with Crippen LogP contribution in [0.25, 0.3) is 10.2 Å². The fourth-order valence-corrected chi connectivity index (χ4v) is 5.84. The number of hydrogen-bond acceptors (Lipinski definition) is 4. The number of fused-ring (bicyclic) bond motifs is 3. The Morgan fingerprint density at radius 1 is 1.40 bits per heavy atom. The third kappa shape index (κ3) is 2.90. The first-order chi connectivity index (χ1) is 11.9. The SMILES string of the molecule is Cc1sc2ncn(CC(=O)NC(C)C3CC4CCC3C4)c(=O)c2c1C. The van der Waals surface area contributed by atoms with Crippen LogP contribution in [0.5, 0.6) is 0 Å². The molecule has 134 valence electrons. The van der Waals surface area contributed by atoms with Crippen LogP contribution in [0.1, 0.15) is 43.0 Å². The van der Waals surface area contributed by atoms with Crippen molar-refractivity contribution in [1.29, 1.82) is 0 Å². The van der Waals surface area contributed by atoms with Crippen molar-refractivity contribution < 1.29 is 4.79 Å². The van der Waals surface area contributed by atoms with E-state index in [-0.39, 0.29) is 24.1 Å². The standard InChI is InChI=1S/C19H25N3O2S/c1-10-12(3)25-18-17(10)19(24)22(9-20-18)8-16(23)21-11(2)15-7-13-4-5-14(15)6-13/h9,11,13-15H,4-8H2,1-3H3,(H,21,23). The molecule has 25 heavy (non-hydrogen) atoms. The Balaban J connectivity index is 1.47. The maximum absolute atomic E-state index is 12.7. The molecule has 5 nitrogen and oxygen atoms in total. The van der Waals surface area contributed by atoms with Gasteiger partial charge in [-0.15, -0.1) is 11.3 Å². The smallest absolute Gasteiger partial charge is 0.262 e. The molecule has 2 bridgehead atoms. The van der Waals surface area contributed by atoms with E-state index < -0.39 is 0 Å². The minimum atomic E-state index is -0.116. The van der Waals surface area contributed by atoms with Crippen LogP contribution in [-0.2, 0) is 11.3 Å². The van der Waals surface area contributed by atoms with Gasteiger partial charge in [0.15, 0.2) is 0 Å². The second-order valence-corrected chi connectivity index (χ2v) is 9.04. The molecule has 4 unspecified atom stereocenters. The van der Waals surface area contributed by atoms with Crippen molar-refractivity contribution >= 4 is 27.5 Å². The molecule has 2 fully saturated rings. The number of carbonyl (C=O) groups is 1. The lowest BCUT2D eigenvalue weighted by Crippen LogP contribution is -2.42. The van der Waals surface area contributed by atoms with Gasteiger partial charge in [-0.1, -0.05) is 6.42 Å². The monoisotopic (exact) mass is 359 g/mol. The molecule has 0 aromatic carbocycles. The summed E-state index contributed by atoms with van der Waals surface area (Å²) >= 11 is 1.53. The largest absolute Gasteiger partial charge is 0.352 e. The Labute approximate surface area is 151 Å². The number of amides is 1. The highest BCUT2D eigenvalue weighted by molar-refractivity contribution is 7.18. The maximum atomic E-state index is 12.7. The quantitative estimate of drug-likeness (QED) is 0.913. The summed E-state index contributed by atoms with van der Waals surface area (Å²) in [4.78, 5) is 31.4. The molecule has 4 rings (SSSR count). The maximum Gasteiger partial charge on any atom is 0.262 e. The minimum absolute atomic E-state index is 0.0429. The van der Waals surface area contributed by atoms with E-state index in [1.54, 1.807) is 0 Å². The predicted octanol–water partition coefficient (Wildman–Crippen LogP) is 3.02. The minimum Gasteiger partial charge on any atom is -0.352 e. The molecule has 4 atom stereocenters. The van der Waals surface area contributed by atoms with Gasteiger partial charge in [-0.25, -0.2) is 4.98 Å². The molecule has 2 aromatic heterocycles. The summed E-state index contributed by atoms with van der Waals surface area (Å²) in [5, 5.41) is 3.78. The van der Waals surface area contributed by atoms with Crippen LogP contribution < -0.4 is 10.9 Å². The molecule has 0 saturated heterocycles. The Hall–Kier alpha value is -1.69. The van der Waals surface area contributed by atoms with Crippen LogP contribution in [0, 0.1) is 31.6 Å². The van der Waals surface area contributed by atoms with E-state index in [2.05, 4.69) is 17.2 Å². The summed E-state index contributed by atoms with van der Waals surface area (Å²) < 4.78 is 1.43. The third-order valence-corrected chi connectivity index (χ3v) is 7.41. The highest BCUT2D eigenvalue weighted by Crippen LogP contribution is 2.49. The van der Waals surface area contributed by atoms with Crippen LogP contribution in [0.4, 0.5) is 0 Å². The molecule has 0 spiro atoms. The summed E-state index contributed by atoms with van der Waals surface area (Å²) in [5.74, 6) is 2.15. The second kappa shape index (κ2) is 6.24. The Bertz CT molecular complexity index is 885. The number of aryl methyl sites for hydroxylation is 2. The van der Waals surface area contributed by atoms with E-state index in [1.807, 2.05) is 13.8 Å². The molecule has 0 aliphatic heterocycles. The number of hydrogen-bond donors (Lipinski definition) is 1. The second-order valence-electron chi connectivity index (χ2n) is 7.84. The fraction of sp³-hybridized carbons (Fsp3) is 0.632. The molecule has 0 radical (unpaired) electrons. The first-order valence-electron chi connectivity index (χ1n) is 9.18. The van der Waals surface area contributed by atoms with Crippen molar-refractivity contribution in [1.82, 2.24) is 14.9 Å². The van der Waals surface area contributed by atoms with Gasteiger partial charge in [0.1, 0.15) is 11.4 Å². The lowest BCUT2D eigenvalue weighted by atomic mass is 9.84. The van der Waals surface area contributed by atoms with Gasteiger partial charge in [0.2, 0.25) is 5.91 Å². The lowest BCUT2D eigenvalue weighted by Gasteiger charge is -2.28. The summed E-state index contributed by atoms with van der Waals surface area (Å²) in [6.07, 6.45) is 6.76. The van der Waals surface area contributed by atoms with Gasteiger partial charge in [0, 0.05) is 10.9 Å². The molecule has 2 saturated carbocycles. The first kappa shape index (κ1) is 16.8. The average molecular weight is 359 g/mol. The summed E-state index contributed by atoms with van der Waals surface area (Å²) in [6.45, 7) is 6.09. The summed E-state index contributed by atoms with van der Waals surface area (Å²) in [5.41, 5.74) is 0.859. The molecular formula is C19H25N3O2S. The number of aromatic nitrogens is 2. The number of nitrogens with one attached hydrogen (secondary N) is 1. The van der Waals surface area contributed by atoms with Crippen molar-refractivity contribution in [2.45, 2.75) is 59.0 Å². The van der Waals surface area contributed by atoms with Crippen molar-refractivity contribution in [2.24, 2.45) is 17.8 Å². The summed E-state index contributed by atoms with van der Waals surface area (Å²) in [6, 6.07) is 0.181. The molecule has 2 heterocycles. The predicted molar refractivity (Wildman–Crippen MR) is 99.9 cm³/mol. The first-order valence-corrected chi connectivity index (χ1v) is 10.00. The van der Waals surface area contributed by atoms with Crippen LogP contribution >= 0.6 is 11.3 Å². The van der Waals surface area contributed by atoms with E-state index in [1.165, 1.54) is 47.9 Å². The molecule has 2 aliphatic carbocycles. The number of thiophene rings is 1. The Morgan fingerprint density at radius 2 is 2.20 bits per heavy atom. The van der Waals surface area contributed by atoms with Crippen LogP contribution in [0.2, 0.25) is 0 Å². The van der Waals surface area contributed by atoms with E-state index in [0.717, 1.165) is 27.1 Å². The highest BCUT2D eigenvalue weighted by atomic mass is 32.1. The molecule has 1 N–H and O–H groups in total. The van der Waals surface area contributed by atoms with Gasteiger partial charge in [-0.05, 0) is 63.4 Å². The van der Waals surface area contributed by atoms with Crippen molar-refractivity contribution in [3.8, 4) is 0 Å². The normalized spacial score (nSPS) is 26.3. The number of rotatable bonds is 4. The van der Waals surface area contributed by atoms with Crippen molar-refractivity contribution in [3.05, 3.63) is 27.1 Å². The van der Waals surface area contributed by atoms with E-state index in [4.69, 9.17) is 0 Å². The van der Waals surface area contributed by atoms with Gasteiger partial charge >= 0.3 is 0 Å². The zero-order chi connectivity index (χ0) is 17.7. The topological polar surface area (TPSA) is 64.0 Å². The van der Waals surface area contributed by atoms with Gasteiger partial charge in [0.05, 0.1) is 11.7 Å². The third-order valence-electron chi connectivity index (χ3n) is 6.29. The lowest BCUT2D eigenvalue weighted by molar-refractivity contribution is -0.122. The van der Waals surface area contributed by atoms with Gasteiger partial charge in [0.25, 0.3) is 5.56 Å². The van der Waals surface area contributed by atoms with Crippen LogP contribution in [0.15, 0.2) is 11.1 Å². The average Bonchev–Trinajstić information content (AvgIpc) is 3.26. The van der Waals surface area contributed by atoms with E-state index in [9.17, 15) is 9.59 Å².